The van der Waals surface area contributed by atoms with Crippen molar-refractivity contribution in [3.8, 4) is 0 Å². The molecule has 0 aliphatic carbocycles. The van der Waals surface area contributed by atoms with Crippen molar-refractivity contribution >= 4 is 23.2 Å². The van der Waals surface area contributed by atoms with E-state index in [0.717, 1.165) is 10.7 Å². The molecule has 6 heteroatoms. The smallest absolute Gasteiger partial charge is 0.308 e. The second-order valence-electron chi connectivity index (χ2n) is 5.61. The zero-order valence-electron chi connectivity index (χ0n) is 11.7. The lowest BCUT2D eigenvalue weighted by Crippen LogP contribution is -2.32. The first-order valence-electron chi connectivity index (χ1n) is 6.14. The van der Waals surface area contributed by atoms with Crippen molar-refractivity contribution in [2.24, 2.45) is 5.92 Å². The Kier molecular flexibility index (Phi) is 5.05. The molecule has 1 heterocycles. The molecule has 0 unspecified atom stereocenters. The van der Waals surface area contributed by atoms with E-state index >= 15 is 0 Å². The van der Waals surface area contributed by atoms with Crippen molar-refractivity contribution in [1.82, 2.24) is 10.3 Å². The third-order valence-electron chi connectivity index (χ3n) is 2.56. The minimum Gasteiger partial charge on any atom is -0.481 e. The molecule has 0 spiro atoms. The van der Waals surface area contributed by atoms with Gasteiger partial charge in [0.2, 0.25) is 5.91 Å². The SMILES string of the molecule is C[C@H](CNC(=O)Cc1csc(C(C)(C)C)n1)C(=O)O. The molecule has 2 N–H and O–H groups in total. The predicted molar refractivity (Wildman–Crippen MR) is 74.3 cm³/mol. The first-order chi connectivity index (χ1) is 8.70. The van der Waals surface area contributed by atoms with Crippen LogP contribution in [-0.2, 0) is 21.4 Å². The topological polar surface area (TPSA) is 79.3 Å². The Labute approximate surface area is 117 Å². The Morgan fingerprint density at radius 1 is 1.47 bits per heavy atom. The van der Waals surface area contributed by atoms with E-state index in [2.05, 4.69) is 31.1 Å². The van der Waals surface area contributed by atoms with Crippen molar-refractivity contribution in [2.45, 2.75) is 39.5 Å². The number of aromatic nitrogens is 1. The van der Waals surface area contributed by atoms with E-state index in [9.17, 15) is 9.59 Å². The highest BCUT2D eigenvalue weighted by Gasteiger charge is 2.19. The van der Waals surface area contributed by atoms with Crippen LogP contribution in [0.15, 0.2) is 5.38 Å². The fourth-order valence-electron chi connectivity index (χ4n) is 1.31. The number of carboxylic acids is 1. The van der Waals surface area contributed by atoms with Gasteiger partial charge in [0.15, 0.2) is 0 Å². The highest BCUT2D eigenvalue weighted by atomic mass is 32.1. The van der Waals surface area contributed by atoms with Crippen LogP contribution >= 0.6 is 11.3 Å². The van der Waals surface area contributed by atoms with Crippen LogP contribution in [0.25, 0.3) is 0 Å². The van der Waals surface area contributed by atoms with Gasteiger partial charge in [-0.1, -0.05) is 27.7 Å². The number of hydrogen-bond donors (Lipinski definition) is 2. The van der Waals surface area contributed by atoms with Gasteiger partial charge in [0, 0.05) is 17.3 Å². The first kappa shape index (κ1) is 15.6. The number of amides is 1. The van der Waals surface area contributed by atoms with Gasteiger partial charge in [0.25, 0.3) is 0 Å². The van der Waals surface area contributed by atoms with Crippen LogP contribution in [0.2, 0.25) is 0 Å². The molecular weight excluding hydrogens is 264 g/mol. The van der Waals surface area contributed by atoms with Gasteiger partial charge in [-0.2, -0.15) is 0 Å². The molecule has 0 aromatic carbocycles. The number of carboxylic acid groups (broad SMARTS) is 1. The lowest BCUT2D eigenvalue weighted by Gasteiger charge is -2.13. The van der Waals surface area contributed by atoms with E-state index in [0.29, 0.717) is 0 Å². The second-order valence-corrected chi connectivity index (χ2v) is 6.47. The van der Waals surface area contributed by atoms with Gasteiger partial charge in [-0.05, 0) is 0 Å². The molecule has 0 radical (unpaired) electrons. The Morgan fingerprint density at radius 2 is 2.11 bits per heavy atom. The number of carbonyl (C=O) groups is 2. The van der Waals surface area contributed by atoms with Gasteiger partial charge in [0.05, 0.1) is 23.0 Å². The lowest BCUT2D eigenvalue weighted by molar-refractivity contribution is -0.141. The lowest BCUT2D eigenvalue weighted by atomic mass is 9.98. The summed E-state index contributed by atoms with van der Waals surface area (Å²) >= 11 is 1.54. The average Bonchev–Trinajstić information content (AvgIpc) is 2.73. The maximum absolute atomic E-state index is 11.7. The van der Waals surface area contributed by atoms with Crippen LogP contribution in [-0.4, -0.2) is 28.5 Å². The average molecular weight is 284 g/mol. The summed E-state index contributed by atoms with van der Waals surface area (Å²) in [6, 6.07) is 0. The Morgan fingerprint density at radius 3 is 2.58 bits per heavy atom. The Hall–Kier alpha value is -1.43. The molecule has 0 aliphatic heterocycles. The molecule has 1 aromatic heterocycles. The van der Waals surface area contributed by atoms with Crippen LogP contribution < -0.4 is 5.32 Å². The molecule has 0 saturated heterocycles. The van der Waals surface area contributed by atoms with E-state index in [4.69, 9.17) is 5.11 Å². The number of rotatable bonds is 5. The molecule has 106 valence electrons. The number of hydrogen-bond acceptors (Lipinski definition) is 4. The minimum atomic E-state index is -0.913. The number of thiazole rings is 1. The van der Waals surface area contributed by atoms with E-state index < -0.39 is 11.9 Å². The normalized spacial score (nSPS) is 13.1. The van der Waals surface area contributed by atoms with Crippen molar-refractivity contribution in [2.75, 3.05) is 6.54 Å². The van der Waals surface area contributed by atoms with Crippen LogP contribution in [0.3, 0.4) is 0 Å². The monoisotopic (exact) mass is 284 g/mol. The maximum atomic E-state index is 11.7. The van der Waals surface area contributed by atoms with Crippen molar-refractivity contribution < 1.29 is 14.7 Å². The van der Waals surface area contributed by atoms with Gasteiger partial charge in [0.1, 0.15) is 0 Å². The van der Waals surface area contributed by atoms with Gasteiger partial charge in [-0.15, -0.1) is 11.3 Å². The van der Waals surface area contributed by atoms with Gasteiger partial charge < -0.3 is 10.4 Å². The number of aliphatic carboxylic acids is 1. The largest absolute Gasteiger partial charge is 0.481 e. The van der Waals surface area contributed by atoms with Gasteiger partial charge in [-0.3, -0.25) is 9.59 Å². The van der Waals surface area contributed by atoms with E-state index in [1.807, 2.05) is 5.38 Å². The first-order valence-corrected chi connectivity index (χ1v) is 7.02. The summed E-state index contributed by atoms with van der Waals surface area (Å²) in [5.41, 5.74) is 0.715. The second kappa shape index (κ2) is 6.14. The summed E-state index contributed by atoms with van der Waals surface area (Å²) in [6.07, 6.45) is 0.193. The molecule has 0 aliphatic rings. The molecule has 19 heavy (non-hydrogen) atoms. The third-order valence-corrected chi connectivity index (χ3v) is 3.88. The summed E-state index contributed by atoms with van der Waals surface area (Å²) in [5.74, 6) is -1.69. The molecule has 1 atom stereocenters. The summed E-state index contributed by atoms with van der Waals surface area (Å²) in [7, 11) is 0. The molecule has 0 saturated carbocycles. The number of carbonyl (C=O) groups excluding carboxylic acids is 1. The van der Waals surface area contributed by atoms with Gasteiger partial charge >= 0.3 is 5.97 Å². The predicted octanol–water partition coefficient (Wildman–Crippen LogP) is 1.82. The summed E-state index contributed by atoms with van der Waals surface area (Å²) in [4.78, 5) is 26.7. The highest BCUT2D eigenvalue weighted by molar-refractivity contribution is 7.09. The standard InChI is InChI=1S/C13H20N2O3S/c1-8(11(17)18)6-14-10(16)5-9-7-19-12(15-9)13(2,3)4/h7-8H,5-6H2,1-4H3,(H,14,16)(H,17,18)/t8-/m1/s1. The summed E-state index contributed by atoms with van der Waals surface area (Å²) in [5, 5.41) is 14.2. The van der Waals surface area contributed by atoms with E-state index in [-0.39, 0.29) is 24.3 Å². The molecule has 1 rings (SSSR count). The molecule has 0 bridgehead atoms. The van der Waals surface area contributed by atoms with Crippen molar-refractivity contribution in [1.29, 1.82) is 0 Å². The van der Waals surface area contributed by atoms with Gasteiger partial charge in [-0.25, -0.2) is 4.98 Å². The zero-order valence-corrected chi connectivity index (χ0v) is 12.5. The fraction of sp³-hybridized carbons (Fsp3) is 0.615. The summed E-state index contributed by atoms with van der Waals surface area (Å²) < 4.78 is 0. The number of nitrogens with zero attached hydrogens (tertiary/aromatic N) is 1. The van der Waals surface area contributed by atoms with Crippen LogP contribution in [0.5, 0.6) is 0 Å². The maximum Gasteiger partial charge on any atom is 0.308 e. The quantitative estimate of drug-likeness (QED) is 0.864. The Balaban J connectivity index is 2.49. The van der Waals surface area contributed by atoms with E-state index in [1.54, 1.807) is 18.3 Å². The van der Waals surface area contributed by atoms with Crippen molar-refractivity contribution in [3.63, 3.8) is 0 Å². The summed E-state index contributed by atoms with van der Waals surface area (Å²) in [6.45, 7) is 7.92. The molecular formula is C13H20N2O3S. The molecule has 5 nitrogen and oxygen atoms in total. The fourth-order valence-corrected chi connectivity index (χ4v) is 2.22. The molecule has 1 aromatic rings. The third kappa shape index (κ3) is 4.98. The molecule has 0 fully saturated rings. The van der Waals surface area contributed by atoms with Crippen molar-refractivity contribution in [3.05, 3.63) is 16.1 Å². The molecule has 1 amide bonds. The van der Waals surface area contributed by atoms with Crippen LogP contribution in [0, 0.1) is 5.92 Å². The Bertz CT molecular complexity index is 463. The number of nitrogens with one attached hydrogen (secondary N) is 1. The zero-order chi connectivity index (χ0) is 14.6. The van der Waals surface area contributed by atoms with Crippen LogP contribution in [0.1, 0.15) is 38.4 Å². The van der Waals surface area contributed by atoms with Crippen LogP contribution in [0.4, 0.5) is 0 Å². The van der Waals surface area contributed by atoms with E-state index in [1.165, 1.54) is 0 Å². The minimum absolute atomic E-state index is 0.0167. The highest BCUT2D eigenvalue weighted by Crippen LogP contribution is 2.25.